The second-order valence-electron chi connectivity index (χ2n) is 3.92. The highest BCUT2D eigenvalue weighted by molar-refractivity contribution is 9.09. The monoisotopic (exact) mass is 250 g/mol. The van der Waals surface area contributed by atoms with Crippen molar-refractivity contribution < 1.29 is 4.74 Å². The molecule has 1 unspecified atom stereocenters. The van der Waals surface area contributed by atoms with Gasteiger partial charge < -0.3 is 4.74 Å². The van der Waals surface area contributed by atoms with Gasteiger partial charge in [-0.25, -0.2) is 0 Å². The molecule has 0 fully saturated rings. The quantitative estimate of drug-likeness (QED) is 0.468. The first-order chi connectivity index (χ1) is 6.16. The second-order valence-corrected chi connectivity index (χ2v) is 5.21. The smallest absolute Gasteiger partial charge is 0.0465 e. The zero-order valence-electron chi connectivity index (χ0n) is 9.18. The lowest BCUT2D eigenvalue weighted by atomic mass is 10.0. The molecule has 1 atom stereocenters. The summed E-state index contributed by atoms with van der Waals surface area (Å²) in [6, 6.07) is 0. The molecular weight excluding hydrogens is 228 g/mol. The maximum absolute atomic E-state index is 5.28. The molecule has 0 saturated carbocycles. The van der Waals surface area contributed by atoms with Crippen molar-refractivity contribution >= 4 is 15.9 Å². The topological polar surface area (TPSA) is 9.23 Å². The summed E-state index contributed by atoms with van der Waals surface area (Å²) in [5.41, 5.74) is 0. The molecule has 0 aliphatic rings. The molecule has 0 amide bonds. The van der Waals surface area contributed by atoms with Gasteiger partial charge in [0, 0.05) is 18.0 Å². The largest absolute Gasteiger partial charge is 0.382 e. The van der Waals surface area contributed by atoms with Crippen LogP contribution in [0.2, 0.25) is 0 Å². The van der Waals surface area contributed by atoms with Gasteiger partial charge in [0.2, 0.25) is 0 Å². The first-order valence-corrected chi connectivity index (χ1v) is 6.30. The Kier molecular flexibility index (Phi) is 9.32. The minimum absolute atomic E-state index is 0.703. The highest BCUT2D eigenvalue weighted by Crippen LogP contribution is 2.18. The molecule has 1 nitrogen and oxygen atoms in total. The third-order valence-electron chi connectivity index (χ3n) is 1.99. The minimum atomic E-state index is 0.703. The van der Waals surface area contributed by atoms with Crippen molar-refractivity contribution in [1.82, 2.24) is 0 Å². The Balaban J connectivity index is 3.12. The number of rotatable bonds is 8. The molecule has 0 spiro atoms. The molecule has 0 aromatic heterocycles. The minimum Gasteiger partial charge on any atom is -0.382 e. The van der Waals surface area contributed by atoms with E-state index in [1.54, 1.807) is 0 Å². The van der Waals surface area contributed by atoms with E-state index < -0.39 is 0 Å². The van der Waals surface area contributed by atoms with Gasteiger partial charge in [0.25, 0.3) is 0 Å². The molecule has 0 aliphatic heterocycles. The van der Waals surface area contributed by atoms with E-state index in [1.807, 2.05) is 6.92 Å². The van der Waals surface area contributed by atoms with E-state index >= 15 is 0 Å². The van der Waals surface area contributed by atoms with Crippen LogP contribution in [0.1, 0.15) is 46.5 Å². The van der Waals surface area contributed by atoms with Gasteiger partial charge in [-0.15, -0.1) is 0 Å². The average molecular weight is 251 g/mol. The number of hydrogen-bond donors (Lipinski definition) is 0. The number of ether oxygens (including phenoxy) is 1. The van der Waals surface area contributed by atoms with E-state index in [0.717, 1.165) is 19.1 Å². The lowest BCUT2D eigenvalue weighted by Crippen LogP contribution is -2.03. The van der Waals surface area contributed by atoms with Crippen molar-refractivity contribution in [3.8, 4) is 0 Å². The van der Waals surface area contributed by atoms with Crippen molar-refractivity contribution in [2.75, 3.05) is 13.2 Å². The Hall–Kier alpha value is 0.440. The van der Waals surface area contributed by atoms with Crippen LogP contribution in [0.25, 0.3) is 0 Å². The van der Waals surface area contributed by atoms with E-state index in [4.69, 9.17) is 4.74 Å². The van der Waals surface area contributed by atoms with Crippen LogP contribution >= 0.6 is 15.9 Å². The summed E-state index contributed by atoms with van der Waals surface area (Å²) in [6.45, 7) is 8.37. The summed E-state index contributed by atoms with van der Waals surface area (Å²) in [7, 11) is 0. The van der Waals surface area contributed by atoms with Gasteiger partial charge >= 0.3 is 0 Å². The van der Waals surface area contributed by atoms with E-state index in [9.17, 15) is 0 Å². The Labute approximate surface area is 91.4 Å². The van der Waals surface area contributed by atoms with Crippen LogP contribution in [0.15, 0.2) is 0 Å². The molecule has 0 N–H and O–H groups in total. The van der Waals surface area contributed by atoms with E-state index in [-0.39, 0.29) is 0 Å². The molecular formula is C11H23BrO. The number of hydrogen-bond acceptors (Lipinski definition) is 1. The molecule has 0 radical (unpaired) electrons. The predicted octanol–water partition coefficient (Wildman–Crippen LogP) is 4.00. The number of unbranched alkanes of at least 4 members (excludes halogenated alkanes) is 1. The van der Waals surface area contributed by atoms with Crippen LogP contribution in [-0.2, 0) is 4.74 Å². The fraction of sp³-hybridized carbons (Fsp3) is 1.00. The third-order valence-corrected chi connectivity index (χ3v) is 2.82. The van der Waals surface area contributed by atoms with E-state index in [0.29, 0.717) is 4.83 Å². The van der Waals surface area contributed by atoms with Gasteiger partial charge in [0.1, 0.15) is 0 Å². The molecule has 0 aliphatic carbocycles. The van der Waals surface area contributed by atoms with Crippen LogP contribution in [0.4, 0.5) is 0 Å². The van der Waals surface area contributed by atoms with Gasteiger partial charge in [-0.1, -0.05) is 36.2 Å². The Morgan fingerprint density at radius 1 is 1.23 bits per heavy atom. The molecule has 13 heavy (non-hydrogen) atoms. The highest BCUT2D eigenvalue weighted by atomic mass is 79.9. The summed E-state index contributed by atoms with van der Waals surface area (Å²) in [5.74, 6) is 0.802. The zero-order valence-corrected chi connectivity index (χ0v) is 10.8. The molecule has 2 heteroatoms. The first kappa shape index (κ1) is 13.4. The molecule has 0 bridgehead atoms. The average Bonchev–Trinajstić information content (AvgIpc) is 2.02. The van der Waals surface area contributed by atoms with Crippen LogP contribution in [0.3, 0.4) is 0 Å². The summed E-state index contributed by atoms with van der Waals surface area (Å²) >= 11 is 3.71. The van der Waals surface area contributed by atoms with E-state index in [1.165, 1.54) is 25.7 Å². The van der Waals surface area contributed by atoms with Crippen molar-refractivity contribution in [3.05, 3.63) is 0 Å². The third kappa shape index (κ3) is 10.4. The standard InChI is InChI=1S/C11H23BrO/c1-4-13-8-6-5-7-11(12)9-10(2)3/h10-11H,4-9H2,1-3H3. The summed E-state index contributed by atoms with van der Waals surface area (Å²) in [6.07, 6.45) is 5.05. The van der Waals surface area contributed by atoms with Crippen molar-refractivity contribution in [2.45, 2.75) is 51.3 Å². The fourth-order valence-corrected chi connectivity index (χ4v) is 2.42. The predicted molar refractivity (Wildman–Crippen MR) is 62.5 cm³/mol. The first-order valence-electron chi connectivity index (χ1n) is 5.38. The van der Waals surface area contributed by atoms with E-state index in [2.05, 4.69) is 29.8 Å². The van der Waals surface area contributed by atoms with Gasteiger partial charge in [-0.3, -0.25) is 0 Å². The van der Waals surface area contributed by atoms with Crippen LogP contribution in [0.5, 0.6) is 0 Å². The lowest BCUT2D eigenvalue weighted by Gasteiger charge is -2.11. The molecule has 0 heterocycles. The highest BCUT2D eigenvalue weighted by Gasteiger charge is 2.05. The molecule has 80 valence electrons. The molecule has 0 aromatic rings. The van der Waals surface area contributed by atoms with Crippen LogP contribution in [0, 0.1) is 5.92 Å². The SMILES string of the molecule is CCOCCCCC(Br)CC(C)C. The number of halogens is 1. The molecule has 0 aromatic carbocycles. The summed E-state index contributed by atoms with van der Waals surface area (Å²) < 4.78 is 5.28. The number of alkyl halides is 1. The molecule has 0 saturated heterocycles. The van der Waals surface area contributed by atoms with Crippen molar-refractivity contribution in [3.63, 3.8) is 0 Å². The Morgan fingerprint density at radius 3 is 2.46 bits per heavy atom. The summed E-state index contributed by atoms with van der Waals surface area (Å²) in [5, 5.41) is 0. The van der Waals surface area contributed by atoms with Crippen molar-refractivity contribution in [1.29, 1.82) is 0 Å². The second kappa shape index (κ2) is 9.01. The normalized spacial score (nSPS) is 13.6. The Bertz CT molecular complexity index is 104. The van der Waals surface area contributed by atoms with Gasteiger partial charge in [-0.2, -0.15) is 0 Å². The van der Waals surface area contributed by atoms with Gasteiger partial charge in [0.05, 0.1) is 0 Å². The van der Waals surface area contributed by atoms with Crippen molar-refractivity contribution in [2.24, 2.45) is 5.92 Å². The van der Waals surface area contributed by atoms with Gasteiger partial charge in [-0.05, 0) is 32.1 Å². The fourth-order valence-electron chi connectivity index (χ4n) is 1.34. The maximum Gasteiger partial charge on any atom is 0.0465 e. The van der Waals surface area contributed by atoms with Crippen LogP contribution < -0.4 is 0 Å². The van der Waals surface area contributed by atoms with Crippen LogP contribution in [-0.4, -0.2) is 18.0 Å². The molecule has 0 rings (SSSR count). The summed E-state index contributed by atoms with van der Waals surface area (Å²) in [4.78, 5) is 0.703. The zero-order chi connectivity index (χ0) is 10.1. The lowest BCUT2D eigenvalue weighted by molar-refractivity contribution is 0.143. The maximum atomic E-state index is 5.28. The van der Waals surface area contributed by atoms with Gasteiger partial charge in [0.15, 0.2) is 0 Å². The Morgan fingerprint density at radius 2 is 1.92 bits per heavy atom.